The Kier molecular flexibility index (Phi) is 3.06. The van der Waals surface area contributed by atoms with Crippen LogP contribution in [0.3, 0.4) is 0 Å². The highest BCUT2D eigenvalue weighted by Crippen LogP contribution is 2.55. The van der Waals surface area contributed by atoms with Gasteiger partial charge in [-0.25, -0.2) is 4.98 Å². The lowest BCUT2D eigenvalue weighted by atomic mass is 9.53. The second-order valence-corrected chi connectivity index (χ2v) is 7.57. The molecule has 0 aromatic carbocycles. The van der Waals surface area contributed by atoms with E-state index in [-0.39, 0.29) is 11.4 Å². The standard InChI is InChI=1S/C16H24N4O/c17-14(4-13-8-18-9-19-13)15(21)20-16-5-10-1-11(6-16)3-12(2-10)7-16/h8-12,14H,1-7,17H2,(H,18,19)(H,20,21)/t10?,11?,12?,14-,16?/m1/s1. The lowest BCUT2D eigenvalue weighted by molar-refractivity contribution is -0.128. The number of hydrogen-bond acceptors (Lipinski definition) is 3. The Balaban J connectivity index is 1.42. The first-order chi connectivity index (χ1) is 10.1. The number of aromatic nitrogens is 2. The fraction of sp³-hybridized carbons (Fsp3) is 0.750. The summed E-state index contributed by atoms with van der Waals surface area (Å²) in [6, 6.07) is -0.488. The molecule has 0 aliphatic heterocycles. The number of hydrogen-bond donors (Lipinski definition) is 3. The molecule has 4 fully saturated rings. The molecule has 4 bridgehead atoms. The van der Waals surface area contributed by atoms with Crippen LogP contribution < -0.4 is 11.1 Å². The van der Waals surface area contributed by atoms with Crippen LogP contribution in [-0.4, -0.2) is 27.5 Å². The number of amides is 1. The van der Waals surface area contributed by atoms with E-state index < -0.39 is 6.04 Å². The van der Waals surface area contributed by atoms with Gasteiger partial charge in [0.05, 0.1) is 12.4 Å². The second kappa shape index (κ2) is 4.83. The highest BCUT2D eigenvalue weighted by molar-refractivity contribution is 5.82. The van der Waals surface area contributed by atoms with Gasteiger partial charge < -0.3 is 16.0 Å². The lowest BCUT2D eigenvalue weighted by Crippen LogP contribution is -2.62. The summed E-state index contributed by atoms with van der Waals surface area (Å²) in [6.07, 6.45) is 11.5. The zero-order valence-corrected chi connectivity index (χ0v) is 12.3. The molecule has 5 nitrogen and oxygen atoms in total. The number of nitrogens with zero attached hydrogens (tertiary/aromatic N) is 1. The minimum absolute atomic E-state index is 0.00606. The molecule has 4 aliphatic rings. The summed E-state index contributed by atoms with van der Waals surface area (Å²) < 4.78 is 0. The van der Waals surface area contributed by atoms with Crippen molar-refractivity contribution in [3.05, 3.63) is 18.2 Å². The molecule has 0 unspecified atom stereocenters. The second-order valence-electron chi connectivity index (χ2n) is 7.57. The highest BCUT2D eigenvalue weighted by Gasteiger charge is 2.51. The Morgan fingerprint density at radius 1 is 1.33 bits per heavy atom. The van der Waals surface area contributed by atoms with Gasteiger partial charge in [0.2, 0.25) is 5.91 Å². The zero-order valence-electron chi connectivity index (χ0n) is 12.3. The van der Waals surface area contributed by atoms with Crippen LogP contribution in [0.5, 0.6) is 0 Å². The maximum Gasteiger partial charge on any atom is 0.237 e. The molecule has 1 aromatic heterocycles. The number of aromatic amines is 1. The first kappa shape index (κ1) is 13.3. The van der Waals surface area contributed by atoms with E-state index >= 15 is 0 Å². The number of imidazole rings is 1. The topological polar surface area (TPSA) is 83.8 Å². The van der Waals surface area contributed by atoms with Gasteiger partial charge in [-0.1, -0.05) is 0 Å². The van der Waals surface area contributed by atoms with Gasteiger partial charge in [-0.05, 0) is 56.3 Å². The van der Waals surface area contributed by atoms with Gasteiger partial charge in [-0.2, -0.15) is 0 Å². The maximum absolute atomic E-state index is 12.5. The van der Waals surface area contributed by atoms with Gasteiger partial charge in [0.1, 0.15) is 0 Å². The number of nitrogens with one attached hydrogen (secondary N) is 2. The number of carbonyl (C=O) groups excluding carboxylic acids is 1. The van der Waals surface area contributed by atoms with Crippen LogP contribution >= 0.6 is 0 Å². The van der Waals surface area contributed by atoms with E-state index in [2.05, 4.69) is 15.3 Å². The first-order valence-corrected chi connectivity index (χ1v) is 8.17. The average Bonchev–Trinajstić information content (AvgIpc) is 2.89. The third kappa shape index (κ3) is 2.48. The van der Waals surface area contributed by atoms with Crippen molar-refractivity contribution in [1.82, 2.24) is 15.3 Å². The molecule has 114 valence electrons. The van der Waals surface area contributed by atoms with E-state index in [4.69, 9.17) is 5.73 Å². The largest absolute Gasteiger partial charge is 0.349 e. The van der Waals surface area contributed by atoms with Gasteiger partial charge >= 0.3 is 0 Å². The number of carbonyl (C=O) groups is 1. The highest BCUT2D eigenvalue weighted by atomic mass is 16.2. The van der Waals surface area contributed by atoms with Crippen molar-refractivity contribution in [3.63, 3.8) is 0 Å². The van der Waals surface area contributed by atoms with Crippen LogP contribution in [0, 0.1) is 17.8 Å². The number of H-pyrrole nitrogens is 1. The first-order valence-electron chi connectivity index (χ1n) is 8.17. The number of rotatable bonds is 4. The van der Waals surface area contributed by atoms with E-state index in [0.29, 0.717) is 6.42 Å². The molecular formula is C16H24N4O. The molecule has 0 saturated heterocycles. The molecule has 5 rings (SSSR count). The predicted molar refractivity (Wildman–Crippen MR) is 79.3 cm³/mol. The Morgan fingerprint density at radius 2 is 1.95 bits per heavy atom. The monoisotopic (exact) mass is 288 g/mol. The molecule has 4 aliphatic carbocycles. The van der Waals surface area contributed by atoms with Crippen molar-refractivity contribution in [2.75, 3.05) is 0 Å². The summed E-state index contributed by atoms with van der Waals surface area (Å²) in [5, 5.41) is 3.34. The minimum atomic E-state index is -0.488. The zero-order chi connectivity index (χ0) is 14.4. The molecule has 1 heterocycles. The van der Waals surface area contributed by atoms with E-state index in [1.165, 1.54) is 38.5 Å². The maximum atomic E-state index is 12.5. The third-order valence-electron chi connectivity index (χ3n) is 5.76. The van der Waals surface area contributed by atoms with E-state index in [9.17, 15) is 4.79 Å². The summed E-state index contributed by atoms with van der Waals surface area (Å²) in [7, 11) is 0. The lowest BCUT2D eigenvalue weighted by Gasteiger charge is -2.57. The molecule has 1 amide bonds. The Labute approximate surface area is 125 Å². The van der Waals surface area contributed by atoms with Crippen LogP contribution in [0.25, 0.3) is 0 Å². The third-order valence-corrected chi connectivity index (χ3v) is 5.76. The van der Waals surface area contributed by atoms with Crippen LogP contribution in [0.2, 0.25) is 0 Å². The van der Waals surface area contributed by atoms with Gasteiger partial charge in [0, 0.05) is 23.9 Å². The van der Waals surface area contributed by atoms with E-state index in [1.54, 1.807) is 12.5 Å². The fourth-order valence-electron chi connectivity index (χ4n) is 5.34. The van der Waals surface area contributed by atoms with Gasteiger partial charge in [0.25, 0.3) is 0 Å². The summed E-state index contributed by atoms with van der Waals surface area (Å²) in [5.41, 5.74) is 7.05. The summed E-state index contributed by atoms with van der Waals surface area (Å²) in [5.74, 6) is 2.51. The predicted octanol–water partition coefficient (Wildman–Crippen LogP) is 1.36. The minimum Gasteiger partial charge on any atom is -0.349 e. The summed E-state index contributed by atoms with van der Waals surface area (Å²) in [6.45, 7) is 0. The van der Waals surface area contributed by atoms with Crippen molar-refractivity contribution < 1.29 is 4.79 Å². The average molecular weight is 288 g/mol. The smallest absolute Gasteiger partial charge is 0.237 e. The fourth-order valence-corrected chi connectivity index (χ4v) is 5.34. The van der Waals surface area contributed by atoms with Crippen LogP contribution in [-0.2, 0) is 11.2 Å². The molecule has 0 radical (unpaired) electrons. The Hall–Kier alpha value is -1.36. The van der Waals surface area contributed by atoms with E-state index in [0.717, 1.165) is 23.4 Å². The van der Waals surface area contributed by atoms with E-state index in [1.807, 2.05) is 0 Å². The van der Waals surface area contributed by atoms with Crippen molar-refractivity contribution in [3.8, 4) is 0 Å². The molecule has 1 atom stereocenters. The van der Waals surface area contributed by atoms with Crippen LogP contribution in [0.1, 0.15) is 44.2 Å². The van der Waals surface area contributed by atoms with Crippen molar-refractivity contribution in [2.45, 2.75) is 56.5 Å². The van der Waals surface area contributed by atoms with Gasteiger partial charge in [-0.15, -0.1) is 0 Å². The molecule has 4 N–H and O–H groups in total. The van der Waals surface area contributed by atoms with Gasteiger partial charge in [0.15, 0.2) is 0 Å². The molecule has 4 saturated carbocycles. The van der Waals surface area contributed by atoms with Crippen LogP contribution in [0.4, 0.5) is 0 Å². The molecular weight excluding hydrogens is 264 g/mol. The van der Waals surface area contributed by atoms with Crippen molar-refractivity contribution >= 4 is 5.91 Å². The van der Waals surface area contributed by atoms with Crippen molar-refractivity contribution in [2.24, 2.45) is 23.5 Å². The molecule has 5 heteroatoms. The Bertz CT molecular complexity index is 489. The summed E-state index contributed by atoms with van der Waals surface area (Å²) in [4.78, 5) is 19.5. The van der Waals surface area contributed by atoms with Crippen LogP contribution in [0.15, 0.2) is 12.5 Å². The van der Waals surface area contributed by atoms with Gasteiger partial charge in [-0.3, -0.25) is 4.79 Å². The molecule has 21 heavy (non-hydrogen) atoms. The molecule has 1 aromatic rings. The summed E-state index contributed by atoms with van der Waals surface area (Å²) >= 11 is 0. The number of nitrogens with two attached hydrogens (primary N) is 1. The quantitative estimate of drug-likeness (QED) is 0.782. The SMILES string of the molecule is N[C@H](Cc1cnc[nH]1)C(=O)NC12CC3CC(CC(C3)C1)C2. The Morgan fingerprint density at radius 3 is 2.48 bits per heavy atom. The van der Waals surface area contributed by atoms with Crippen molar-refractivity contribution in [1.29, 1.82) is 0 Å². The molecule has 0 spiro atoms. The normalized spacial score (nSPS) is 38.4.